The summed E-state index contributed by atoms with van der Waals surface area (Å²) in [7, 11) is 0. The van der Waals surface area contributed by atoms with Crippen molar-refractivity contribution in [2.24, 2.45) is 0 Å². The van der Waals surface area contributed by atoms with Gasteiger partial charge >= 0.3 is 5.97 Å². The largest absolute Gasteiger partial charge is 0.455 e. The number of esters is 1. The van der Waals surface area contributed by atoms with Gasteiger partial charge in [0.2, 0.25) is 0 Å². The standard InChI is InChI=1S/C16H19NO3/c18-14(17-13-7-8-13)11-20-15(19)16(9-4-10-16)12-5-2-1-3-6-12/h1-3,5-6,13H,4,7-11H2,(H,17,18). The van der Waals surface area contributed by atoms with E-state index < -0.39 is 5.41 Å². The first-order valence-electron chi connectivity index (χ1n) is 7.23. The van der Waals surface area contributed by atoms with Gasteiger partial charge < -0.3 is 10.1 Å². The van der Waals surface area contributed by atoms with Crippen LogP contribution in [-0.4, -0.2) is 24.5 Å². The van der Waals surface area contributed by atoms with Crippen molar-refractivity contribution in [2.75, 3.05) is 6.61 Å². The molecule has 0 saturated heterocycles. The molecule has 0 aliphatic heterocycles. The predicted molar refractivity (Wildman–Crippen MR) is 74.1 cm³/mol. The number of rotatable bonds is 5. The van der Waals surface area contributed by atoms with E-state index in [0.717, 1.165) is 37.7 Å². The summed E-state index contributed by atoms with van der Waals surface area (Å²) < 4.78 is 5.24. The van der Waals surface area contributed by atoms with E-state index in [1.54, 1.807) is 0 Å². The van der Waals surface area contributed by atoms with Gasteiger partial charge in [0.1, 0.15) is 0 Å². The Morgan fingerprint density at radius 1 is 1.20 bits per heavy atom. The van der Waals surface area contributed by atoms with Crippen LogP contribution in [0.15, 0.2) is 30.3 Å². The smallest absolute Gasteiger partial charge is 0.317 e. The number of carbonyl (C=O) groups excluding carboxylic acids is 2. The Balaban J connectivity index is 1.61. The van der Waals surface area contributed by atoms with Gasteiger partial charge in [-0.25, -0.2) is 0 Å². The minimum atomic E-state index is -0.527. The fourth-order valence-corrected chi connectivity index (χ4v) is 2.66. The van der Waals surface area contributed by atoms with Gasteiger partial charge in [0.25, 0.3) is 5.91 Å². The lowest BCUT2D eigenvalue weighted by molar-refractivity contribution is -0.157. The van der Waals surface area contributed by atoms with Crippen LogP contribution in [0.1, 0.15) is 37.7 Å². The van der Waals surface area contributed by atoms with Crippen molar-refractivity contribution in [3.63, 3.8) is 0 Å². The monoisotopic (exact) mass is 273 g/mol. The number of hydrogen-bond donors (Lipinski definition) is 1. The summed E-state index contributed by atoms with van der Waals surface area (Å²) in [4.78, 5) is 23.9. The molecule has 1 amide bonds. The minimum absolute atomic E-state index is 0.163. The molecule has 4 heteroatoms. The van der Waals surface area contributed by atoms with Crippen molar-refractivity contribution in [1.82, 2.24) is 5.32 Å². The van der Waals surface area contributed by atoms with Gasteiger partial charge in [-0.05, 0) is 31.2 Å². The zero-order chi connectivity index (χ0) is 14.0. The van der Waals surface area contributed by atoms with E-state index in [9.17, 15) is 9.59 Å². The third-order valence-corrected chi connectivity index (χ3v) is 4.20. The maximum atomic E-state index is 12.4. The van der Waals surface area contributed by atoms with Gasteiger partial charge in [0.05, 0.1) is 5.41 Å². The Morgan fingerprint density at radius 2 is 1.90 bits per heavy atom. The molecule has 106 valence electrons. The SMILES string of the molecule is O=C(COC(=O)C1(c2ccccc2)CCC1)NC1CC1. The zero-order valence-corrected chi connectivity index (χ0v) is 11.4. The Labute approximate surface area is 118 Å². The number of benzene rings is 1. The van der Waals surface area contributed by atoms with Gasteiger partial charge in [-0.3, -0.25) is 9.59 Å². The summed E-state index contributed by atoms with van der Waals surface area (Å²) in [6.45, 7) is -0.163. The molecular weight excluding hydrogens is 254 g/mol. The van der Waals surface area contributed by atoms with E-state index in [1.165, 1.54) is 0 Å². The summed E-state index contributed by atoms with van der Waals surface area (Å²) in [5, 5.41) is 2.82. The number of amides is 1. The maximum absolute atomic E-state index is 12.4. The van der Waals surface area contributed by atoms with E-state index in [-0.39, 0.29) is 18.5 Å². The first kappa shape index (κ1) is 13.2. The molecule has 2 aliphatic rings. The molecule has 3 rings (SSSR count). The van der Waals surface area contributed by atoms with E-state index in [0.29, 0.717) is 6.04 Å². The lowest BCUT2D eigenvalue weighted by atomic mass is 9.64. The number of hydrogen-bond acceptors (Lipinski definition) is 3. The highest BCUT2D eigenvalue weighted by Gasteiger charge is 2.47. The first-order chi connectivity index (χ1) is 9.71. The molecule has 0 spiro atoms. The topological polar surface area (TPSA) is 55.4 Å². The van der Waals surface area contributed by atoms with Crippen molar-refractivity contribution in [3.8, 4) is 0 Å². The van der Waals surface area contributed by atoms with Crippen LogP contribution in [0.3, 0.4) is 0 Å². The highest BCUT2D eigenvalue weighted by atomic mass is 16.5. The molecule has 0 aromatic heterocycles. The van der Waals surface area contributed by atoms with Gasteiger partial charge in [0.15, 0.2) is 6.61 Å². The van der Waals surface area contributed by atoms with Crippen LogP contribution in [0.5, 0.6) is 0 Å². The van der Waals surface area contributed by atoms with Crippen molar-refractivity contribution in [2.45, 2.75) is 43.6 Å². The second-order valence-electron chi connectivity index (χ2n) is 5.72. The lowest BCUT2D eigenvalue weighted by Crippen LogP contribution is -2.45. The van der Waals surface area contributed by atoms with Crippen LogP contribution < -0.4 is 5.32 Å². The molecule has 2 fully saturated rings. The van der Waals surface area contributed by atoms with Crippen LogP contribution in [-0.2, 0) is 19.7 Å². The van der Waals surface area contributed by atoms with Gasteiger partial charge in [-0.2, -0.15) is 0 Å². The van der Waals surface area contributed by atoms with Crippen LogP contribution in [0.4, 0.5) is 0 Å². The average molecular weight is 273 g/mol. The van der Waals surface area contributed by atoms with Crippen LogP contribution in [0, 0.1) is 0 Å². The van der Waals surface area contributed by atoms with E-state index in [1.807, 2.05) is 30.3 Å². The Hall–Kier alpha value is -1.84. The molecule has 2 aliphatic carbocycles. The van der Waals surface area contributed by atoms with Crippen molar-refractivity contribution < 1.29 is 14.3 Å². The molecule has 4 nitrogen and oxygen atoms in total. The van der Waals surface area contributed by atoms with Gasteiger partial charge in [0, 0.05) is 6.04 Å². The Morgan fingerprint density at radius 3 is 2.45 bits per heavy atom. The molecule has 1 aromatic rings. The molecule has 0 unspecified atom stereocenters. The number of ether oxygens (including phenoxy) is 1. The normalized spacial score (nSPS) is 19.8. The van der Waals surface area contributed by atoms with Crippen molar-refractivity contribution in [1.29, 1.82) is 0 Å². The van der Waals surface area contributed by atoms with Crippen LogP contribution >= 0.6 is 0 Å². The fourth-order valence-electron chi connectivity index (χ4n) is 2.66. The molecule has 20 heavy (non-hydrogen) atoms. The number of nitrogens with one attached hydrogen (secondary N) is 1. The van der Waals surface area contributed by atoms with Gasteiger partial charge in [-0.15, -0.1) is 0 Å². The quantitative estimate of drug-likeness (QED) is 0.834. The lowest BCUT2D eigenvalue weighted by Gasteiger charge is -2.39. The molecule has 0 heterocycles. The molecule has 2 saturated carbocycles. The summed E-state index contributed by atoms with van der Waals surface area (Å²) in [5.74, 6) is -0.454. The second-order valence-corrected chi connectivity index (χ2v) is 5.72. The Bertz CT molecular complexity index is 504. The molecule has 0 bridgehead atoms. The van der Waals surface area contributed by atoms with Crippen LogP contribution in [0.2, 0.25) is 0 Å². The minimum Gasteiger partial charge on any atom is -0.455 e. The molecule has 0 radical (unpaired) electrons. The average Bonchev–Trinajstić information content (AvgIpc) is 3.20. The van der Waals surface area contributed by atoms with Crippen molar-refractivity contribution >= 4 is 11.9 Å². The zero-order valence-electron chi connectivity index (χ0n) is 11.4. The third-order valence-electron chi connectivity index (χ3n) is 4.20. The fraction of sp³-hybridized carbons (Fsp3) is 0.500. The van der Waals surface area contributed by atoms with E-state index in [4.69, 9.17) is 4.74 Å². The van der Waals surface area contributed by atoms with Gasteiger partial charge in [-0.1, -0.05) is 36.8 Å². The van der Waals surface area contributed by atoms with Crippen LogP contribution in [0.25, 0.3) is 0 Å². The number of carbonyl (C=O) groups is 2. The Kier molecular flexibility index (Phi) is 3.47. The summed E-state index contributed by atoms with van der Waals surface area (Å²) >= 11 is 0. The molecule has 0 atom stereocenters. The predicted octanol–water partition coefficient (Wildman–Crippen LogP) is 1.93. The second kappa shape index (κ2) is 5.27. The maximum Gasteiger partial charge on any atom is 0.317 e. The van der Waals surface area contributed by atoms with Crippen molar-refractivity contribution in [3.05, 3.63) is 35.9 Å². The summed E-state index contributed by atoms with van der Waals surface area (Å²) in [5.41, 5.74) is 0.472. The summed E-state index contributed by atoms with van der Waals surface area (Å²) in [6.07, 6.45) is 4.71. The highest BCUT2D eigenvalue weighted by molar-refractivity contribution is 5.87. The first-order valence-corrected chi connectivity index (χ1v) is 7.23. The highest BCUT2D eigenvalue weighted by Crippen LogP contribution is 2.44. The molecule has 1 N–H and O–H groups in total. The molecule has 1 aromatic carbocycles. The third kappa shape index (κ3) is 2.55. The summed E-state index contributed by atoms with van der Waals surface area (Å²) in [6, 6.07) is 10.0. The van der Waals surface area contributed by atoms with E-state index >= 15 is 0 Å². The van der Waals surface area contributed by atoms with E-state index in [2.05, 4.69) is 5.32 Å². The molecular formula is C16H19NO3.